The van der Waals surface area contributed by atoms with Gasteiger partial charge in [0.05, 0.1) is 11.0 Å². The SMILES string of the molecule is CC(C)(N)C1CCS1(=O)=O. The van der Waals surface area contributed by atoms with Crippen molar-refractivity contribution >= 4 is 9.84 Å². The summed E-state index contributed by atoms with van der Waals surface area (Å²) in [5, 5.41) is -0.306. The molecular formula is C6H13NO2S. The molecule has 3 nitrogen and oxygen atoms in total. The van der Waals surface area contributed by atoms with Gasteiger partial charge >= 0.3 is 0 Å². The molecule has 1 fully saturated rings. The van der Waals surface area contributed by atoms with E-state index in [2.05, 4.69) is 0 Å². The van der Waals surface area contributed by atoms with Crippen molar-refractivity contribution < 1.29 is 8.42 Å². The summed E-state index contributed by atoms with van der Waals surface area (Å²) in [6.45, 7) is 3.52. The summed E-state index contributed by atoms with van der Waals surface area (Å²) in [5.74, 6) is 0.318. The number of hydrogen-bond donors (Lipinski definition) is 1. The van der Waals surface area contributed by atoms with Gasteiger partial charge in [0.1, 0.15) is 0 Å². The summed E-state index contributed by atoms with van der Waals surface area (Å²) in [6, 6.07) is 0. The number of rotatable bonds is 1. The molecule has 0 aromatic carbocycles. The number of sulfone groups is 1. The van der Waals surface area contributed by atoms with Crippen LogP contribution in [0.1, 0.15) is 20.3 Å². The van der Waals surface area contributed by atoms with Crippen LogP contribution in [0.25, 0.3) is 0 Å². The minimum Gasteiger partial charge on any atom is -0.324 e. The zero-order valence-electron chi connectivity index (χ0n) is 6.29. The second kappa shape index (κ2) is 1.95. The molecule has 1 unspecified atom stereocenters. The molecular weight excluding hydrogens is 150 g/mol. The first kappa shape index (κ1) is 8.01. The molecule has 0 aliphatic carbocycles. The molecule has 2 N–H and O–H groups in total. The van der Waals surface area contributed by atoms with Gasteiger partial charge in [-0.25, -0.2) is 8.42 Å². The Morgan fingerprint density at radius 2 is 2.00 bits per heavy atom. The Bertz CT molecular complexity index is 225. The van der Waals surface area contributed by atoms with E-state index in [0.29, 0.717) is 5.75 Å². The minimum absolute atomic E-state index is 0.306. The third-order valence-electron chi connectivity index (χ3n) is 1.93. The highest BCUT2D eigenvalue weighted by Gasteiger charge is 2.43. The summed E-state index contributed by atoms with van der Waals surface area (Å²) >= 11 is 0. The second-order valence-corrected chi connectivity index (χ2v) is 5.77. The van der Waals surface area contributed by atoms with Gasteiger partial charge in [0.15, 0.2) is 9.84 Å². The third kappa shape index (κ3) is 1.18. The Morgan fingerprint density at radius 1 is 1.50 bits per heavy atom. The van der Waals surface area contributed by atoms with E-state index in [1.807, 2.05) is 0 Å². The molecule has 0 spiro atoms. The van der Waals surface area contributed by atoms with E-state index in [4.69, 9.17) is 5.73 Å². The van der Waals surface area contributed by atoms with Crippen molar-refractivity contribution in [3.63, 3.8) is 0 Å². The maximum Gasteiger partial charge on any atom is 0.155 e. The fourth-order valence-electron chi connectivity index (χ4n) is 1.26. The first-order valence-corrected chi connectivity index (χ1v) is 5.06. The quantitative estimate of drug-likeness (QED) is 0.587. The molecule has 4 heteroatoms. The van der Waals surface area contributed by atoms with Gasteiger partial charge < -0.3 is 5.73 Å². The van der Waals surface area contributed by atoms with Crippen LogP contribution in [-0.4, -0.2) is 25.0 Å². The van der Waals surface area contributed by atoms with Crippen LogP contribution in [0.3, 0.4) is 0 Å². The molecule has 1 saturated heterocycles. The third-order valence-corrected chi connectivity index (χ3v) is 4.44. The smallest absolute Gasteiger partial charge is 0.155 e. The van der Waals surface area contributed by atoms with E-state index in [-0.39, 0.29) is 5.25 Å². The Morgan fingerprint density at radius 3 is 2.00 bits per heavy atom. The summed E-state index contributed by atoms with van der Waals surface area (Å²) in [6.07, 6.45) is 0.728. The zero-order valence-corrected chi connectivity index (χ0v) is 7.11. The lowest BCUT2D eigenvalue weighted by Gasteiger charge is -2.36. The van der Waals surface area contributed by atoms with Gasteiger partial charge in [-0.3, -0.25) is 0 Å². The van der Waals surface area contributed by atoms with Crippen LogP contribution < -0.4 is 5.73 Å². The van der Waals surface area contributed by atoms with Crippen molar-refractivity contribution in [3.05, 3.63) is 0 Å². The highest BCUT2D eigenvalue weighted by atomic mass is 32.2. The molecule has 1 heterocycles. The predicted octanol–water partition coefficient (Wildman–Crippen LogP) is -0.0892. The first-order valence-electron chi connectivity index (χ1n) is 3.34. The van der Waals surface area contributed by atoms with Crippen molar-refractivity contribution in [2.24, 2.45) is 5.73 Å². The van der Waals surface area contributed by atoms with Crippen molar-refractivity contribution in [1.82, 2.24) is 0 Å². The van der Waals surface area contributed by atoms with E-state index in [1.165, 1.54) is 0 Å². The summed E-state index contributed by atoms with van der Waals surface area (Å²) in [7, 11) is -2.80. The minimum atomic E-state index is -2.80. The standard InChI is InChI=1S/C6H13NO2S/c1-6(2,7)5-3-4-10(5,8)9/h5H,3-4,7H2,1-2H3. The van der Waals surface area contributed by atoms with Gasteiger partial charge in [-0.1, -0.05) is 0 Å². The number of nitrogens with two attached hydrogens (primary N) is 1. The van der Waals surface area contributed by atoms with Crippen molar-refractivity contribution in [3.8, 4) is 0 Å². The Hall–Kier alpha value is -0.0900. The van der Waals surface area contributed by atoms with Crippen molar-refractivity contribution in [1.29, 1.82) is 0 Å². The van der Waals surface area contributed by atoms with E-state index in [9.17, 15) is 8.42 Å². The largest absolute Gasteiger partial charge is 0.324 e. The lowest BCUT2D eigenvalue weighted by atomic mass is 9.99. The zero-order chi connectivity index (χ0) is 7.99. The van der Waals surface area contributed by atoms with Crippen molar-refractivity contribution in [2.75, 3.05) is 5.75 Å². The van der Waals surface area contributed by atoms with Gasteiger partial charge in [0.2, 0.25) is 0 Å². The highest BCUT2D eigenvalue weighted by Crippen LogP contribution is 2.28. The van der Waals surface area contributed by atoms with Gasteiger partial charge in [0, 0.05) is 5.54 Å². The van der Waals surface area contributed by atoms with Crippen LogP contribution in [0, 0.1) is 0 Å². The average Bonchev–Trinajstić information content (AvgIpc) is 1.58. The van der Waals surface area contributed by atoms with Crippen LogP contribution >= 0.6 is 0 Å². The molecule has 10 heavy (non-hydrogen) atoms. The highest BCUT2D eigenvalue weighted by molar-refractivity contribution is 7.93. The average molecular weight is 163 g/mol. The van der Waals surface area contributed by atoms with Crippen LogP contribution in [0.15, 0.2) is 0 Å². The normalized spacial score (nSPS) is 31.3. The summed E-state index contributed by atoms with van der Waals surface area (Å²) in [5.41, 5.74) is 5.08. The molecule has 1 atom stereocenters. The molecule has 0 aromatic rings. The Balaban J connectivity index is 2.80. The van der Waals surface area contributed by atoms with Crippen LogP contribution in [0.5, 0.6) is 0 Å². The summed E-state index contributed by atoms with van der Waals surface area (Å²) in [4.78, 5) is 0. The maximum absolute atomic E-state index is 11.0. The van der Waals surface area contributed by atoms with Gasteiger partial charge in [0.25, 0.3) is 0 Å². The predicted molar refractivity (Wildman–Crippen MR) is 40.5 cm³/mol. The lowest BCUT2D eigenvalue weighted by Crippen LogP contribution is -2.56. The molecule has 0 amide bonds. The van der Waals surface area contributed by atoms with Crippen LogP contribution in [0.4, 0.5) is 0 Å². The van der Waals surface area contributed by atoms with Crippen molar-refractivity contribution in [2.45, 2.75) is 31.1 Å². The summed E-state index contributed by atoms with van der Waals surface area (Å²) < 4.78 is 22.0. The maximum atomic E-state index is 11.0. The molecule has 0 aromatic heterocycles. The van der Waals surface area contributed by atoms with E-state index >= 15 is 0 Å². The lowest BCUT2D eigenvalue weighted by molar-refractivity contribution is 0.427. The molecule has 1 aliphatic rings. The Kier molecular flexibility index (Phi) is 1.56. The second-order valence-electron chi connectivity index (χ2n) is 3.47. The molecule has 0 saturated carbocycles. The van der Waals surface area contributed by atoms with Gasteiger partial charge in [-0.2, -0.15) is 0 Å². The topological polar surface area (TPSA) is 60.2 Å². The monoisotopic (exact) mass is 163 g/mol. The molecule has 0 bridgehead atoms. The molecule has 0 radical (unpaired) electrons. The molecule has 1 rings (SSSR count). The molecule has 1 aliphatic heterocycles. The van der Waals surface area contributed by atoms with Gasteiger partial charge in [-0.15, -0.1) is 0 Å². The fourth-order valence-corrected chi connectivity index (χ4v) is 3.04. The number of hydrogen-bond acceptors (Lipinski definition) is 3. The van der Waals surface area contributed by atoms with E-state index in [1.54, 1.807) is 13.8 Å². The first-order chi connectivity index (χ1) is 4.34. The van der Waals surface area contributed by atoms with Crippen LogP contribution in [-0.2, 0) is 9.84 Å². The molecule has 60 valence electrons. The van der Waals surface area contributed by atoms with Gasteiger partial charge in [-0.05, 0) is 20.3 Å². The van der Waals surface area contributed by atoms with E-state index < -0.39 is 15.4 Å². The van der Waals surface area contributed by atoms with Crippen LogP contribution in [0.2, 0.25) is 0 Å². The Labute approximate surface area is 61.5 Å². The van der Waals surface area contributed by atoms with E-state index in [0.717, 1.165) is 6.42 Å². The fraction of sp³-hybridized carbons (Fsp3) is 1.00.